The summed E-state index contributed by atoms with van der Waals surface area (Å²) in [6, 6.07) is 56.3. The Morgan fingerprint density at radius 2 is 0.915 bits per heavy atom. The normalized spacial score (nSPS) is 11.4. The fraction of sp³-hybridized carbons (Fsp3) is 0. The molecule has 0 aliphatic heterocycles. The van der Waals surface area contributed by atoms with E-state index >= 15 is 0 Å². The Labute approximate surface area is 271 Å². The van der Waals surface area contributed by atoms with Crippen molar-refractivity contribution in [3.63, 3.8) is 0 Å². The number of aromatic nitrogens is 3. The zero-order valence-corrected chi connectivity index (χ0v) is 25.3. The molecule has 0 aliphatic carbocycles. The summed E-state index contributed by atoms with van der Waals surface area (Å²) in [7, 11) is 0. The van der Waals surface area contributed by atoms with Crippen LogP contribution >= 0.6 is 0 Å². The quantitative estimate of drug-likeness (QED) is 0.197. The van der Waals surface area contributed by atoms with E-state index in [1.54, 1.807) is 0 Å². The molecule has 0 fully saturated rings. The van der Waals surface area contributed by atoms with Crippen molar-refractivity contribution in [1.29, 1.82) is 0 Å². The minimum absolute atomic E-state index is 0.591. The maximum absolute atomic E-state index is 6.63. The summed E-state index contributed by atoms with van der Waals surface area (Å²) in [5.74, 6) is 1.83. The van der Waals surface area contributed by atoms with Crippen LogP contribution in [0.5, 0.6) is 0 Å². The van der Waals surface area contributed by atoms with Crippen LogP contribution in [0.25, 0.3) is 89.1 Å². The molecular weight excluding hydrogens is 574 g/mol. The number of hydrogen-bond donors (Lipinski definition) is 0. The third-order valence-corrected chi connectivity index (χ3v) is 8.76. The molecule has 0 saturated carbocycles. The third-order valence-electron chi connectivity index (χ3n) is 8.76. The zero-order valence-electron chi connectivity index (χ0n) is 25.3. The largest absolute Gasteiger partial charge is 0.455 e. The average Bonchev–Trinajstić information content (AvgIpc) is 3.54. The highest BCUT2D eigenvalue weighted by Crippen LogP contribution is 2.42. The molecule has 0 spiro atoms. The van der Waals surface area contributed by atoms with Gasteiger partial charge in [0.1, 0.15) is 11.2 Å². The van der Waals surface area contributed by atoms with Gasteiger partial charge in [0.05, 0.1) is 0 Å². The van der Waals surface area contributed by atoms with Gasteiger partial charge in [-0.15, -0.1) is 0 Å². The van der Waals surface area contributed by atoms with Crippen LogP contribution in [0.15, 0.2) is 168 Å². The van der Waals surface area contributed by atoms with Gasteiger partial charge in [-0.2, -0.15) is 0 Å². The van der Waals surface area contributed by atoms with E-state index in [1.165, 1.54) is 16.3 Å². The molecule has 220 valence electrons. The van der Waals surface area contributed by atoms with Gasteiger partial charge < -0.3 is 4.42 Å². The van der Waals surface area contributed by atoms with E-state index in [0.717, 1.165) is 55.3 Å². The number of furan rings is 1. The molecule has 0 aliphatic rings. The van der Waals surface area contributed by atoms with Crippen LogP contribution in [-0.4, -0.2) is 15.0 Å². The monoisotopic (exact) mass is 601 g/mol. The van der Waals surface area contributed by atoms with Crippen LogP contribution in [0.4, 0.5) is 0 Å². The molecule has 0 amide bonds. The summed E-state index contributed by atoms with van der Waals surface area (Å²) in [6.45, 7) is 0. The Kier molecular flexibility index (Phi) is 6.43. The van der Waals surface area contributed by atoms with Crippen molar-refractivity contribution >= 4 is 32.7 Å². The van der Waals surface area contributed by atoms with E-state index in [2.05, 4.69) is 84.9 Å². The molecule has 2 heterocycles. The molecule has 4 nitrogen and oxygen atoms in total. The minimum Gasteiger partial charge on any atom is -0.455 e. The van der Waals surface area contributed by atoms with Crippen LogP contribution in [0.3, 0.4) is 0 Å². The molecule has 0 bridgehead atoms. The van der Waals surface area contributed by atoms with Crippen LogP contribution < -0.4 is 0 Å². The fourth-order valence-electron chi connectivity index (χ4n) is 6.48. The first-order valence-corrected chi connectivity index (χ1v) is 15.7. The maximum atomic E-state index is 6.63. The molecular formula is C43H27N3O. The highest BCUT2D eigenvalue weighted by Gasteiger charge is 2.21. The summed E-state index contributed by atoms with van der Waals surface area (Å²) < 4.78 is 6.63. The van der Waals surface area contributed by atoms with Crippen molar-refractivity contribution in [2.24, 2.45) is 0 Å². The Bertz CT molecular complexity index is 2490. The van der Waals surface area contributed by atoms with Crippen LogP contribution in [0, 0.1) is 0 Å². The highest BCUT2D eigenvalue weighted by atomic mass is 16.3. The second kappa shape index (κ2) is 11.2. The molecule has 47 heavy (non-hydrogen) atoms. The SMILES string of the molecule is c1ccc(-c2nc(-c3ccccc3)nc(-c3ccc4c(oc5ccccc54)c3-c3ccc(-c4cccc5ccccc45)cc3)n2)cc1. The van der Waals surface area contributed by atoms with Crippen LogP contribution in [0.2, 0.25) is 0 Å². The van der Waals surface area contributed by atoms with Gasteiger partial charge in [0.25, 0.3) is 0 Å². The number of benzene rings is 7. The van der Waals surface area contributed by atoms with E-state index in [9.17, 15) is 0 Å². The third kappa shape index (κ3) is 4.75. The first kappa shape index (κ1) is 27.0. The van der Waals surface area contributed by atoms with E-state index < -0.39 is 0 Å². The highest BCUT2D eigenvalue weighted by molar-refractivity contribution is 6.12. The van der Waals surface area contributed by atoms with Gasteiger partial charge >= 0.3 is 0 Å². The summed E-state index contributed by atoms with van der Waals surface area (Å²) in [5, 5.41) is 4.59. The lowest BCUT2D eigenvalue weighted by Gasteiger charge is -2.13. The van der Waals surface area contributed by atoms with Gasteiger partial charge in [-0.25, -0.2) is 15.0 Å². The number of para-hydroxylation sites is 1. The topological polar surface area (TPSA) is 51.8 Å². The molecule has 7 aromatic carbocycles. The van der Waals surface area contributed by atoms with Crippen molar-refractivity contribution in [2.75, 3.05) is 0 Å². The fourth-order valence-corrected chi connectivity index (χ4v) is 6.48. The molecule has 0 saturated heterocycles. The summed E-state index contributed by atoms with van der Waals surface area (Å²) >= 11 is 0. The van der Waals surface area contributed by atoms with Crippen LogP contribution in [-0.2, 0) is 0 Å². The summed E-state index contributed by atoms with van der Waals surface area (Å²) in [5.41, 5.74) is 8.73. The van der Waals surface area contributed by atoms with Gasteiger partial charge in [-0.05, 0) is 45.7 Å². The molecule has 0 unspecified atom stereocenters. The second-order valence-corrected chi connectivity index (χ2v) is 11.6. The van der Waals surface area contributed by atoms with Crippen molar-refractivity contribution in [3.8, 4) is 56.4 Å². The molecule has 4 heteroatoms. The molecule has 9 aromatic rings. The van der Waals surface area contributed by atoms with Crippen molar-refractivity contribution in [3.05, 3.63) is 164 Å². The van der Waals surface area contributed by atoms with Gasteiger partial charge in [0.15, 0.2) is 17.5 Å². The molecule has 9 rings (SSSR count). The lowest BCUT2D eigenvalue weighted by molar-refractivity contribution is 0.670. The average molecular weight is 602 g/mol. The van der Waals surface area contributed by atoms with E-state index in [-0.39, 0.29) is 0 Å². The van der Waals surface area contributed by atoms with Crippen molar-refractivity contribution in [2.45, 2.75) is 0 Å². The standard InChI is InChI=1S/C43H27N3O/c1-3-13-31(14-4-1)41-44-42(32-15-5-2-6-16-32)46-43(45-41)37-27-26-36-35-19-9-10-21-38(35)47-40(36)39(37)30-24-22-29(23-25-30)34-20-11-17-28-12-7-8-18-33(28)34/h1-27H. The van der Waals surface area contributed by atoms with Crippen molar-refractivity contribution in [1.82, 2.24) is 15.0 Å². The molecule has 0 radical (unpaired) electrons. The van der Waals surface area contributed by atoms with E-state index in [4.69, 9.17) is 19.4 Å². The smallest absolute Gasteiger partial charge is 0.164 e. The van der Waals surface area contributed by atoms with Gasteiger partial charge in [0.2, 0.25) is 0 Å². The zero-order chi connectivity index (χ0) is 31.2. The first-order chi connectivity index (χ1) is 23.3. The second-order valence-electron chi connectivity index (χ2n) is 11.6. The molecule has 2 aromatic heterocycles. The predicted molar refractivity (Wildman–Crippen MR) is 192 cm³/mol. The Balaban J connectivity index is 1.28. The summed E-state index contributed by atoms with van der Waals surface area (Å²) in [4.78, 5) is 15.1. The van der Waals surface area contributed by atoms with Crippen LogP contribution in [0.1, 0.15) is 0 Å². The molecule has 0 atom stereocenters. The van der Waals surface area contributed by atoms with E-state index in [0.29, 0.717) is 17.5 Å². The molecule has 0 N–H and O–H groups in total. The Hall–Kier alpha value is -6.39. The van der Waals surface area contributed by atoms with Gasteiger partial charge in [-0.3, -0.25) is 0 Å². The number of nitrogens with zero attached hydrogens (tertiary/aromatic N) is 3. The number of hydrogen-bond acceptors (Lipinski definition) is 4. The first-order valence-electron chi connectivity index (χ1n) is 15.7. The Morgan fingerprint density at radius 3 is 1.64 bits per heavy atom. The minimum atomic E-state index is 0.591. The predicted octanol–water partition coefficient (Wildman–Crippen LogP) is 11.3. The van der Waals surface area contributed by atoms with E-state index in [1.807, 2.05) is 78.9 Å². The van der Waals surface area contributed by atoms with Gasteiger partial charge in [0, 0.05) is 33.0 Å². The lowest BCUT2D eigenvalue weighted by Crippen LogP contribution is -2.01. The Morgan fingerprint density at radius 1 is 0.340 bits per heavy atom. The van der Waals surface area contributed by atoms with Gasteiger partial charge in [-0.1, -0.05) is 146 Å². The number of rotatable bonds is 5. The summed E-state index contributed by atoms with van der Waals surface area (Å²) in [6.07, 6.45) is 0. The maximum Gasteiger partial charge on any atom is 0.164 e. The van der Waals surface area contributed by atoms with Crippen molar-refractivity contribution < 1.29 is 4.42 Å². The lowest BCUT2D eigenvalue weighted by atomic mass is 9.93. The number of fused-ring (bicyclic) bond motifs is 4.